The molecule has 0 aliphatic heterocycles. The number of aromatic nitrogens is 2. The van der Waals surface area contributed by atoms with Gasteiger partial charge in [-0.1, -0.05) is 5.92 Å². The van der Waals surface area contributed by atoms with Crippen molar-refractivity contribution in [1.29, 1.82) is 0 Å². The maximum Gasteiger partial charge on any atom is 0.152 e. The lowest BCUT2D eigenvalue weighted by Gasteiger charge is -2.04. The highest BCUT2D eigenvalue weighted by molar-refractivity contribution is 5.82. The predicted molar refractivity (Wildman–Crippen MR) is 63.1 cm³/mol. The van der Waals surface area contributed by atoms with E-state index in [1.54, 1.807) is 0 Å². The second-order valence-corrected chi connectivity index (χ2v) is 3.62. The van der Waals surface area contributed by atoms with Crippen molar-refractivity contribution >= 4 is 5.78 Å². The van der Waals surface area contributed by atoms with Crippen LogP contribution in [0.15, 0.2) is 6.07 Å². The number of hydrogen-bond donors (Lipinski definition) is 1. The molecule has 0 fully saturated rings. The van der Waals surface area contributed by atoms with Crippen molar-refractivity contribution in [2.24, 2.45) is 0 Å². The van der Waals surface area contributed by atoms with E-state index in [0.717, 1.165) is 17.9 Å². The van der Waals surface area contributed by atoms with Gasteiger partial charge in [-0.05, 0) is 19.9 Å². The third-order valence-corrected chi connectivity index (χ3v) is 2.21. The van der Waals surface area contributed by atoms with Gasteiger partial charge in [0, 0.05) is 18.7 Å². The summed E-state index contributed by atoms with van der Waals surface area (Å²) in [5.41, 5.74) is 1.91. The summed E-state index contributed by atoms with van der Waals surface area (Å²) in [6.45, 7) is 5.47. The number of aryl methyl sites for hydroxylation is 2. The van der Waals surface area contributed by atoms with Crippen molar-refractivity contribution in [1.82, 2.24) is 15.1 Å². The molecule has 0 aromatic carbocycles. The lowest BCUT2D eigenvalue weighted by Crippen LogP contribution is -2.25. The van der Waals surface area contributed by atoms with Gasteiger partial charge in [0.15, 0.2) is 5.78 Å². The fourth-order valence-electron chi connectivity index (χ4n) is 1.55. The molecule has 0 saturated heterocycles. The minimum absolute atomic E-state index is 0.129. The quantitative estimate of drug-likeness (QED) is 0.561. The van der Waals surface area contributed by atoms with E-state index in [2.05, 4.69) is 16.3 Å². The molecule has 0 unspecified atom stereocenters. The Bertz CT molecular complexity index is 401. The first-order valence-electron chi connectivity index (χ1n) is 5.36. The molecule has 0 radical (unpaired) electrons. The van der Waals surface area contributed by atoms with Crippen molar-refractivity contribution in [3.63, 3.8) is 0 Å². The Morgan fingerprint density at radius 1 is 1.69 bits per heavy atom. The van der Waals surface area contributed by atoms with Crippen molar-refractivity contribution in [2.45, 2.75) is 26.8 Å². The van der Waals surface area contributed by atoms with E-state index in [4.69, 9.17) is 6.42 Å². The van der Waals surface area contributed by atoms with Crippen molar-refractivity contribution in [2.75, 3.05) is 13.1 Å². The zero-order valence-corrected chi connectivity index (χ0v) is 9.79. The molecule has 4 heteroatoms. The summed E-state index contributed by atoms with van der Waals surface area (Å²) in [6, 6.07) is 1.95. The van der Waals surface area contributed by atoms with Gasteiger partial charge in [0.05, 0.1) is 18.8 Å². The Kier molecular flexibility index (Phi) is 4.74. The number of carbonyl (C=O) groups excluding carboxylic acids is 1. The minimum Gasteiger partial charge on any atom is -0.299 e. The van der Waals surface area contributed by atoms with E-state index < -0.39 is 0 Å². The second-order valence-electron chi connectivity index (χ2n) is 3.62. The first kappa shape index (κ1) is 12.5. The number of nitrogens with one attached hydrogen (secondary N) is 1. The molecule has 0 atom stereocenters. The summed E-state index contributed by atoms with van der Waals surface area (Å²) < 4.78 is 1.86. The highest BCUT2D eigenvalue weighted by atomic mass is 16.1. The lowest BCUT2D eigenvalue weighted by molar-refractivity contribution is -0.117. The molecule has 0 saturated carbocycles. The average Bonchev–Trinajstić information content (AvgIpc) is 2.59. The van der Waals surface area contributed by atoms with Crippen LogP contribution in [0.1, 0.15) is 18.3 Å². The number of carbonyl (C=O) groups is 1. The molecule has 16 heavy (non-hydrogen) atoms. The van der Waals surface area contributed by atoms with Gasteiger partial charge in [-0.15, -0.1) is 6.42 Å². The monoisotopic (exact) mass is 219 g/mol. The van der Waals surface area contributed by atoms with E-state index in [1.807, 2.05) is 24.6 Å². The third kappa shape index (κ3) is 3.52. The normalized spacial score (nSPS) is 10.1. The largest absolute Gasteiger partial charge is 0.299 e. The van der Waals surface area contributed by atoms with Crippen molar-refractivity contribution < 1.29 is 4.79 Å². The van der Waals surface area contributed by atoms with E-state index in [1.165, 1.54) is 0 Å². The SMILES string of the molecule is C#CCNCC(=O)Cc1cc(C)nn1CC. The Balaban J connectivity index is 2.52. The van der Waals surface area contributed by atoms with Gasteiger partial charge in [-0.3, -0.25) is 14.8 Å². The Hall–Kier alpha value is -1.60. The van der Waals surface area contributed by atoms with Gasteiger partial charge in [-0.2, -0.15) is 5.10 Å². The first-order valence-corrected chi connectivity index (χ1v) is 5.36. The average molecular weight is 219 g/mol. The van der Waals surface area contributed by atoms with Crippen LogP contribution >= 0.6 is 0 Å². The molecule has 0 spiro atoms. The first-order chi connectivity index (χ1) is 7.67. The minimum atomic E-state index is 0.129. The van der Waals surface area contributed by atoms with E-state index in [0.29, 0.717) is 19.5 Å². The zero-order chi connectivity index (χ0) is 12.0. The number of hydrogen-bond acceptors (Lipinski definition) is 3. The van der Waals surface area contributed by atoms with Gasteiger partial charge >= 0.3 is 0 Å². The van der Waals surface area contributed by atoms with E-state index in [9.17, 15) is 4.79 Å². The standard InChI is InChI=1S/C12H17N3O/c1-4-6-13-9-12(16)8-11-7-10(3)14-15(11)5-2/h1,7,13H,5-6,8-9H2,2-3H3. The molecule has 1 aromatic rings. The molecule has 1 rings (SSSR count). The van der Waals surface area contributed by atoms with E-state index >= 15 is 0 Å². The molecular formula is C12H17N3O. The molecule has 1 aromatic heterocycles. The number of terminal acetylenes is 1. The number of nitrogens with zero attached hydrogens (tertiary/aromatic N) is 2. The second kappa shape index (κ2) is 6.09. The predicted octanol–water partition coefficient (Wildman–Crippen LogP) is 0.546. The van der Waals surface area contributed by atoms with Crippen LogP contribution in [0.25, 0.3) is 0 Å². The zero-order valence-electron chi connectivity index (χ0n) is 9.79. The van der Waals surface area contributed by atoms with Crippen molar-refractivity contribution in [3.8, 4) is 12.3 Å². The van der Waals surface area contributed by atoms with Crippen LogP contribution in [0.2, 0.25) is 0 Å². The van der Waals surface area contributed by atoms with Gasteiger partial charge in [0.2, 0.25) is 0 Å². The van der Waals surface area contributed by atoms with Gasteiger partial charge in [-0.25, -0.2) is 0 Å². The Labute approximate surface area is 96.0 Å². The smallest absolute Gasteiger partial charge is 0.152 e. The fraction of sp³-hybridized carbons (Fsp3) is 0.500. The van der Waals surface area contributed by atoms with Crippen LogP contribution in [-0.4, -0.2) is 28.7 Å². The maximum absolute atomic E-state index is 11.6. The molecule has 86 valence electrons. The molecule has 1 heterocycles. The molecule has 4 nitrogen and oxygen atoms in total. The van der Waals surface area contributed by atoms with Crippen LogP contribution in [0.5, 0.6) is 0 Å². The molecule has 0 amide bonds. The number of rotatable bonds is 6. The van der Waals surface area contributed by atoms with Crippen LogP contribution in [-0.2, 0) is 17.8 Å². The van der Waals surface area contributed by atoms with Gasteiger partial charge in [0.1, 0.15) is 0 Å². The topological polar surface area (TPSA) is 46.9 Å². The summed E-state index contributed by atoms with van der Waals surface area (Å²) in [7, 11) is 0. The Morgan fingerprint density at radius 2 is 2.44 bits per heavy atom. The number of Topliss-reactive ketones (excluding diaryl/α,β-unsaturated/α-hetero) is 1. The highest BCUT2D eigenvalue weighted by Crippen LogP contribution is 2.04. The van der Waals surface area contributed by atoms with Crippen LogP contribution in [0.4, 0.5) is 0 Å². The summed E-state index contributed by atoms with van der Waals surface area (Å²) in [4.78, 5) is 11.6. The summed E-state index contributed by atoms with van der Waals surface area (Å²) in [6.07, 6.45) is 5.49. The van der Waals surface area contributed by atoms with Gasteiger partial charge in [0.25, 0.3) is 0 Å². The molecule has 1 N–H and O–H groups in total. The Morgan fingerprint density at radius 3 is 3.06 bits per heavy atom. The molecule has 0 aliphatic carbocycles. The molecule has 0 bridgehead atoms. The molecule has 0 aliphatic rings. The summed E-state index contributed by atoms with van der Waals surface area (Å²) >= 11 is 0. The van der Waals surface area contributed by atoms with E-state index in [-0.39, 0.29) is 5.78 Å². The van der Waals surface area contributed by atoms with Crippen LogP contribution < -0.4 is 5.32 Å². The third-order valence-electron chi connectivity index (χ3n) is 2.21. The van der Waals surface area contributed by atoms with Gasteiger partial charge < -0.3 is 0 Å². The van der Waals surface area contributed by atoms with Crippen molar-refractivity contribution in [3.05, 3.63) is 17.5 Å². The molecular weight excluding hydrogens is 202 g/mol. The summed E-state index contributed by atoms with van der Waals surface area (Å²) in [5, 5.41) is 7.17. The number of ketones is 1. The van der Waals surface area contributed by atoms with Crippen LogP contribution in [0.3, 0.4) is 0 Å². The maximum atomic E-state index is 11.6. The fourth-order valence-corrected chi connectivity index (χ4v) is 1.55. The highest BCUT2D eigenvalue weighted by Gasteiger charge is 2.08. The summed E-state index contributed by atoms with van der Waals surface area (Å²) in [5.74, 6) is 2.56. The lowest BCUT2D eigenvalue weighted by atomic mass is 10.2. The van der Waals surface area contributed by atoms with Crippen LogP contribution in [0, 0.1) is 19.3 Å².